The maximum Gasteiger partial charge on any atom is 0.172 e. The number of nitrogens with zero attached hydrogens (tertiary/aromatic N) is 3. The number of hydrogen-bond donors (Lipinski definition) is 0. The molecule has 0 radical (unpaired) electrons. The van der Waals surface area contributed by atoms with E-state index in [1.54, 1.807) is 12.1 Å². The minimum Gasteiger partial charge on any atom is -0.464 e. The van der Waals surface area contributed by atoms with E-state index >= 15 is 0 Å². The van der Waals surface area contributed by atoms with E-state index in [4.69, 9.17) is 9.95 Å². The Morgan fingerprint density at radius 2 is 2.27 bits per heavy atom. The molecule has 2 rings (SSSR count). The van der Waals surface area contributed by atoms with E-state index in [-0.39, 0.29) is 12.3 Å². The lowest BCUT2D eigenvalue weighted by Crippen LogP contribution is -2.00. The number of fused-ring (bicyclic) bond motifs is 1. The maximum atomic E-state index is 11.6. The molecule has 15 heavy (non-hydrogen) atoms. The summed E-state index contributed by atoms with van der Waals surface area (Å²) >= 11 is 0. The van der Waals surface area contributed by atoms with Gasteiger partial charge in [-0.2, -0.15) is 0 Å². The predicted octanol–water partition coefficient (Wildman–Crippen LogP) is 2.93. The summed E-state index contributed by atoms with van der Waals surface area (Å²) in [6, 6.07) is 7.22. The third-order valence-electron chi connectivity index (χ3n) is 2.06. The number of azide groups is 1. The molecule has 1 aromatic carbocycles. The van der Waals surface area contributed by atoms with Crippen molar-refractivity contribution in [1.82, 2.24) is 0 Å². The van der Waals surface area contributed by atoms with Gasteiger partial charge in [-0.25, -0.2) is 0 Å². The number of Topliss-reactive ketones (excluding diaryl/α,β-unsaturated/α-hetero) is 1. The summed E-state index contributed by atoms with van der Waals surface area (Å²) in [5.74, 6) is -0.238. The van der Waals surface area contributed by atoms with Gasteiger partial charge >= 0.3 is 0 Å². The Hall–Kier alpha value is -2.26. The molecule has 0 saturated carbocycles. The summed E-state index contributed by atoms with van der Waals surface area (Å²) in [5.41, 5.74) is 9.22. The second-order valence-electron chi connectivity index (χ2n) is 2.96. The van der Waals surface area contributed by atoms with Gasteiger partial charge in [-0.05, 0) is 11.6 Å². The fourth-order valence-corrected chi connectivity index (χ4v) is 1.37. The van der Waals surface area contributed by atoms with Crippen molar-refractivity contribution < 1.29 is 9.21 Å². The zero-order chi connectivity index (χ0) is 10.7. The molecule has 0 atom stereocenters. The highest BCUT2D eigenvalue weighted by molar-refractivity contribution is 6.08. The Balaban J connectivity index is 2.43. The molecule has 0 fully saturated rings. The maximum absolute atomic E-state index is 11.6. The van der Waals surface area contributed by atoms with Crippen LogP contribution in [-0.4, -0.2) is 12.3 Å². The molecular weight excluding hydrogens is 194 g/mol. The Bertz CT molecular complexity index is 553. The first-order valence-corrected chi connectivity index (χ1v) is 4.33. The normalized spacial score (nSPS) is 9.87. The SMILES string of the molecule is [N-]=[N+]=NCC(=O)c1coc2ccccc12. The van der Waals surface area contributed by atoms with Crippen molar-refractivity contribution in [1.29, 1.82) is 0 Å². The van der Waals surface area contributed by atoms with Gasteiger partial charge in [-0.1, -0.05) is 23.3 Å². The van der Waals surface area contributed by atoms with Gasteiger partial charge in [0.05, 0.1) is 12.1 Å². The van der Waals surface area contributed by atoms with Crippen molar-refractivity contribution in [3.8, 4) is 0 Å². The average molecular weight is 201 g/mol. The van der Waals surface area contributed by atoms with Crippen LogP contribution in [0.2, 0.25) is 0 Å². The first-order valence-electron chi connectivity index (χ1n) is 4.33. The standard InChI is InChI=1S/C10H7N3O2/c11-13-12-5-9(14)8-6-15-10-4-2-1-3-7(8)10/h1-4,6H,5H2. The van der Waals surface area contributed by atoms with Gasteiger partial charge in [-0.15, -0.1) is 0 Å². The Morgan fingerprint density at radius 1 is 1.47 bits per heavy atom. The molecule has 0 aliphatic heterocycles. The molecule has 0 N–H and O–H groups in total. The van der Waals surface area contributed by atoms with Crippen LogP contribution in [0.4, 0.5) is 0 Å². The van der Waals surface area contributed by atoms with Gasteiger partial charge in [0.2, 0.25) is 0 Å². The number of ketones is 1. The van der Waals surface area contributed by atoms with Gasteiger partial charge < -0.3 is 4.42 Å². The number of carbonyl (C=O) groups excluding carboxylic acids is 1. The van der Waals surface area contributed by atoms with Crippen molar-refractivity contribution >= 4 is 16.8 Å². The zero-order valence-electron chi connectivity index (χ0n) is 7.75. The van der Waals surface area contributed by atoms with Crippen LogP contribution in [0.25, 0.3) is 21.4 Å². The highest BCUT2D eigenvalue weighted by Crippen LogP contribution is 2.20. The van der Waals surface area contributed by atoms with Crippen LogP contribution in [0, 0.1) is 0 Å². The molecule has 0 aliphatic rings. The van der Waals surface area contributed by atoms with Crippen molar-refractivity contribution in [2.45, 2.75) is 0 Å². The Kier molecular flexibility index (Phi) is 2.39. The summed E-state index contributed by atoms with van der Waals surface area (Å²) in [6.07, 6.45) is 1.39. The van der Waals surface area contributed by atoms with E-state index in [0.717, 1.165) is 5.39 Å². The van der Waals surface area contributed by atoms with Gasteiger partial charge in [0.15, 0.2) is 5.78 Å². The Labute approximate surface area is 84.9 Å². The van der Waals surface area contributed by atoms with Crippen LogP contribution >= 0.6 is 0 Å². The second-order valence-corrected chi connectivity index (χ2v) is 2.96. The first-order chi connectivity index (χ1) is 7.33. The number of hydrogen-bond acceptors (Lipinski definition) is 3. The second kappa shape index (κ2) is 3.86. The van der Waals surface area contributed by atoms with Crippen molar-refractivity contribution in [2.75, 3.05) is 6.54 Å². The molecule has 0 spiro atoms. The lowest BCUT2D eigenvalue weighted by atomic mass is 10.1. The molecule has 74 valence electrons. The van der Waals surface area contributed by atoms with Crippen LogP contribution in [0.15, 0.2) is 40.1 Å². The third-order valence-corrected chi connectivity index (χ3v) is 2.06. The molecule has 1 aromatic heterocycles. The van der Waals surface area contributed by atoms with E-state index < -0.39 is 0 Å². The van der Waals surface area contributed by atoms with Crippen LogP contribution < -0.4 is 0 Å². The van der Waals surface area contributed by atoms with Gasteiger partial charge in [-0.3, -0.25) is 4.79 Å². The summed E-state index contributed by atoms with van der Waals surface area (Å²) in [7, 11) is 0. The molecule has 0 bridgehead atoms. The molecule has 0 amide bonds. The highest BCUT2D eigenvalue weighted by atomic mass is 16.3. The van der Waals surface area contributed by atoms with Gasteiger partial charge in [0, 0.05) is 10.3 Å². The quantitative estimate of drug-likeness (QED) is 0.331. The molecule has 0 unspecified atom stereocenters. The average Bonchev–Trinajstić information content (AvgIpc) is 2.69. The van der Waals surface area contributed by atoms with Crippen molar-refractivity contribution in [3.05, 3.63) is 46.5 Å². The van der Waals surface area contributed by atoms with Crippen LogP contribution in [0.3, 0.4) is 0 Å². The predicted molar refractivity (Wildman–Crippen MR) is 54.6 cm³/mol. The fraction of sp³-hybridized carbons (Fsp3) is 0.100. The number of para-hydroxylation sites is 1. The van der Waals surface area contributed by atoms with Crippen LogP contribution in [0.1, 0.15) is 10.4 Å². The highest BCUT2D eigenvalue weighted by Gasteiger charge is 2.11. The summed E-state index contributed by atoms with van der Waals surface area (Å²) in [5, 5.41) is 3.97. The fourth-order valence-electron chi connectivity index (χ4n) is 1.37. The van der Waals surface area contributed by atoms with Crippen molar-refractivity contribution in [3.63, 3.8) is 0 Å². The molecule has 5 heteroatoms. The minimum atomic E-state index is -0.238. The van der Waals surface area contributed by atoms with E-state index in [9.17, 15) is 4.79 Å². The van der Waals surface area contributed by atoms with Gasteiger partial charge in [0.1, 0.15) is 11.8 Å². The van der Waals surface area contributed by atoms with Crippen molar-refractivity contribution in [2.24, 2.45) is 5.11 Å². The Morgan fingerprint density at radius 3 is 3.07 bits per heavy atom. The first kappa shape index (κ1) is 9.30. The van der Waals surface area contributed by atoms with Crippen LogP contribution in [-0.2, 0) is 0 Å². The monoisotopic (exact) mass is 201 g/mol. The molecule has 0 aliphatic carbocycles. The lowest BCUT2D eigenvalue weighted by molar-refractivity contribution is 0.100. The molecule has 0 saturated heterocycles. The molecule has 1 heterocycles. The van der Waals surface area contributed by atoms with E-state index in [2.05, 4.69) is 10.0 Å². The number of rotatable bonds is 3. The van der Waals surface area contributed by atoms with E-state index in [1.807, 2.05) is 12.1 Å². The van der Waals surface area contributed by atoms with Gasteiger partial charge in [0.25, 0.3) is 0 Å². The summed E-state index contributed by atoms with van der Waals surface area (Å²) < 4.78 is 5.19. The minimum absolute atomic E-state index is 0.181. The largest absolute Gasteiger partial charge is 0.464 e. The molecule has 5 nitrogen and oxygen atoms in total. The van der Waals surface area contributed by atoms with Crippen LogP contribution in [0.5, 0.6) is 0 Å². The topological polar surface area (TPSA) is 79.0 Å². The number of furan rings is 1. The molecule has 2 aromatic rings. The summed E-state index contributed by atoms with van der Waals surface area (Å²) in [4.78, 5) is 14.1. The van der Waals surface area contributed by atoms with E-state index in [1.165, 1.54) is 6.26 Å². The summed E-state index contributed by atoms with van der Waals surface area (Å²) in [6.45, 7) is -0.181. The van der Waals surface area contributed by atoms with E-state index in [0.29, 0.717) is 11.1 Å². The third kappa shape index (κ3) is 1.68. The lowest BCUT2D eigenvalue weighted by Gasteiger charge is -1.91. The number of benzene rings is 1. The molecular formula is C10H7N3O2. The number of carbonyl (C=O) groups is 1. The zero-order valence-corrected chi connectivity index (χ0v) is 7.75. The smallest absolute Gasteiger partial charge is 0.172 e.